The summed E-state index contributed by atoms with van der Waals surface area (Å²) in [5.74, 6) is 6.73. The Balaban J connectivity index is 2.19. The Kier molecular flexibility index (Phi) is 5.61. The minimum absolute atomic E-state index is 0.282. The average Bonchev–Trinajstić information content (AvgIpc) is 2.45. The lowest BCUT2D eigenvalue weighted by molar-refractivity contribution is 0.305. The first-order valence-corrected chi connectivity index (χ1v) is 7.21. The first kappa shape index (κ1) is 15.1. The molecule has 0 bridgehead atoms. The monoisotopic (exact) mass is 324 g/mol. The molecule has 0 aliphatic heterocycles. The van der Waals surface area contributed by atoms with Gasteiger partial charge in [0, 0.05) is 15.6 Å². The molecule has 0 unspecified atom stereocenters. The predicted molar refractivity (Wildman–Crippen MR) is 84.8 cm³/mol. The number of halogens is 3. The van der Waals surface area contributed by atoms with Gasteiger partial charge in [0.25, 0.3) is 0 Å². The Morgan fingerprint density at radius 3 is 2.35 bits per heavy atom. The number of hydrogen-bond acceptors (Lipinski definition) is 1. The summed E-state index contributed by atoms with van der Waals surface area (Å²) in [5, 5.41) is 1.17. The maximum Gasteiger partial charge on any atom is 0.135 e. The lowest BCUT2D eigenvalue weighted by atomic mass is 10.2. The van der Waals surface area contributed by atoms with Gasteiger partial charge in [-0.3, -0.25) is 0 Å². The summed E-state index contributed by atoms with van der Waals surface area (Å²) in [6, 6.07) is 12.9. The van der Waals surface area contributed by atoms with Crippen molar-refractivity contribution in [3.8, 4) is 17.6 Å². The van der Waals surface area contributed by atoms with Gasteiger partial charge in [-0.15, -0.1) is 11.6 Å². The van der Waals surface area contributed by atoms with Crippen molar-refractivity contribution in [1.82, 2.24) is 0 Å². The van der Waals surface area contributed by atoms with Gasteiger partial charge in [-0.25, -0.2) is 0 Å². The molecule has 20 heavy (non-hydrogen) atoms. The molecule has 4 heteroatoms. The van der Waals surface area contributed by atoms with Crippen LogP contribution in [0.2, 0.25) is 10.0 Å². The van der Waals surface area contributed by atoms with Crippen molar-refractivity contribution in [1.29, 1.82) is 0 Å². The second kappa shape index (κ2) is 7.45. The summed E-state index contributed by atoms with van der Waals surface area (Å²) >= 11 is 17.8. The van der Waals surface area contributed by atoms with E-state index in [0.29, 0.717) is 15.8 Å². The van der Waals surface area contributed by atoms with Gasteiger partial charge in [-0.1, -0.05) is 53.2 Å². The summed E-state index contributed by atoms with van der Waals surface area (Å²) in [7, 11) is 0. The smallest absolute Gasteiger partial charge is 0.135 e. The number of ether oxygens (including phenoxy) is 1. The van der Waals surface area contributed by atoms with E-state index < -0.39 is 0 Å². The molecule has 0 aromatic heterocycles. The van der Waals surface area contributed by atoms with E-state index in [1.165, 1.54) is 0 Å². The van der Waals surface area contributed by atoms with Crippen molar-refractivity contribution in [2.45, 2.75) is 6.61 Å². The molecule has 0 spiro atoms. The maximum atomic E-state index is 6.11. The quantitative estimate of drug-likeness (QED) is 0.559. The third-order valence-electron chi connectivity index (χ3n) is 2.61. The largest absolute Gasteiger partial charge is 0.487 e. The van der Waals surface area contributed by atoms with Crippen LogP contribution < -0.4 is 4.74 Å². The van der Waals surface area contributed by atoms with Crippen molar-refractivity contribution >= 4 is 34.8 Å². The van der Waals surface area contributed by atoms with Crippen molar-refractivity contribution < 1.29 is 4.74 Å². The molecule has 0 fully saturated rings. The molecule has 102 valence electrons. The van der Waals surface area contributed by atoms with E-state index in [4.69, 9.17) is 39.5 Å². The predicted octanol–water partition coefficient (Wildman–Crippen LogP) is 5.16. The summed E-state index contributed by atoms with van der Waals surface area (Å²) in [4.78, 5) is 0. The number of rotatable bonds is 3. The molecule has 2 aromatic carbocycles. The first-order valence-electron chi connectivity index (χ1n) is 5.92. The van der Waals surface area contributed by atoms with Crippen LogP contribution in [0.3, 0.4) is 0 Å². The molecule has 0 aliphatic carbocycles. The number of benzene rings is 2. The first-order chi connectivity index (χ1) is 9.72. The van der Waals surface area contributed by atoms with Gasteiger partial charge in [-0.2, -0.15) is 0 Å². The lowest BCUT2D eigenvalue weighted by Crippen LogP contribution is -1.99. The molecule has 2 rings (SSSR count). The third kappa shape index (κ3) is 3.84. The van der Waals surface area contributed by atoms with Gasteiger partial charge < -0.3 is 4.74 Å². The molecule has 0 saturated heterocycles. The highest BCUT2D eigenvalue weighted by atomic mass is 35.5. The van der Waals surface area contributed by atoms with E-state index in [0.717, 1.165) is 11.1 Å². The van der Waals surface area contributed by atoms with Gasteiger partial charge in [0.1, 0.15) is 12.4 Å². The van der Waals surface area contributed by atoms with Gasteiger partial charge in [0.05, 0.1) is 11.4 Å². The highest BCUT2D eigenvalue weighted by Gasteiger charge is 2.07. The minimum Gasteiger partial charge on any atom is -0.487 e. The van der Waals surface area contributed by atoms with E-state index >= 15 is 0 Å². The van der Waals surface area contributed by atoms with E-state index in [2.05, 4.69) is 11.8 Å². The summed E-state index contributed by atoms with van der Waals surface area (Å²) in [6.07, 6.45) is 0. The fourth-order valence-corrected chi connectivity index (χ4v) is 2.22. The standard InChI is InChI=1S/C16H11Cl3O/c17-10-4-6-12-5-1-2-9-16(12)20-11-13-14(18)7-3-8-15(13)19/h1-3,5,7-9H,10-11H2. The van der Waals surface area contributed by atoms with Crippen LogP contribution in [0.25, 0.3) is 0 Å². The lowest BCUT2D eigenvalue weighted by Gasteiger charge is -2.10. The molecule has 0 radical (unpaired) electrons. The second-order valence-electron chi connectivity index (χ2n) is 3.92. The van der Waals surface area contributed by atoms with Gasteiger partial charge in [0.15, 0.2) is 0 Å². The maximum absolute atomic E-state index is 6.11. The number of para-hydroxylation sites is 1. The molecule has 0 amide bonds. The van der Waals surface area contributed by atoms with Crippen LogP contribution >= 0.6 is 34.8 Å². The fraction of sp³-hybridized carbons (Fsp3) is 0.125. The fourth-order valence-electron chi connectivity index (χ4n) is 1.64. The molecule has 0 atom stereocenters. The average molecular weight is 326 g/mol. The SMILES string of the molecule is ClCC#Cc1ccccc1OCc1c(Cl)cccc1Cl. The zero-order valence-corrected chi connectivity index (χ0v) is 12.8. The van der Waals surface area contributed by atoms with Crippen molar-refractivity contribution in [2.75, 3.05) is 5.88 Å². The van der Waals surface area contributed by atoms with Crippen molar-refractivity contribution in [2.24, 2.45) is 0 Å². The zero-order chi connectivity index (χ0) is 14.4. The zero-order valence-electron chi connectivity index (χ0n) is 10.5. The molecule has 0 aliphatic rings. The summed E-state index contributed by atoms with van der Waals surface area (Å²) in [5.41, 5.74) is 1.55. The van der Waals surface area contributed by atoms with Gasteiger partial charge in [0.2, 0.25) is 0 Å². The molecular formula is C16H11Cl3O. The van der Waals surface area contributed by atoms with E-state index in [-0.39, 0.29) is 12.5 Å². The van der Waals surface area contributed by atoms with Crippen LogP contribution in [0.5, 0.6) is 5.75 Å². The minimum atomic E-state index is 0.282. The topological polar surface area (TPSA) is 9.23 Å². The Hall–Kier alpha value is -1.33. The van der Waals surface area contributed by atoms with Crippen LogP contribution in [0.1, 0.15) is 11.1 Å². The highest BCUT2D eigenvalue weighted by molar-refractivity contribution is 6.35. The van der Waals surface area contributed by atoms with E-state index in [1.807, 2.05) is 24.3 Å². The number of hydrogen-bond donors (Lipinski definition) is 0. The molecule has 0 N–H and O–H groups in total. The molecule has 2 aromatic rings. The highest BCUT2D eigenvalue weighted by Crippen LogP contribution is 2.26. The summed E-state index contributed by atoms with van der Waals surface area (Å²) < 4.78 is 5.77. The van der Waals surface area contributed by atoms with E-state index in [1.54, 1.807) is 18.2 Å². The van der Waals surface area contributed by atoms with E-state index in [9.17, 15) is 0 Å². The Bertz CT molecular complexity index is 636. The van der Waals surface area contributed by atoms with Crippen LogP contribution in [0.15, 0.2) is 42.5 Å². The molecule has 1 nitrogen and oxygen atoms in total. The second-order valence-corrected chi connectivity index (χ2v) is 5.00. The third-order valence-corrected chi connectivity index (χ3v) is 3.45. The molecule has 0 heterocycles. The van der Waals surface area contributed by atoms with Crippen LogP contribution in [-0.2, 0) is 6.61 Å². The van der Waals surface area contributed by atoms with Gasteiger partial charge in [-0.05, 0) is 24.3 Å². The summed E-state index contributed by atoms with van der Waals surface area (Å²) in [6.45, 7) is 0.290. The van der Waals surface area contributed by atoms with Crippen molar-refractivity contribution in [3.63, 3.8) is 0 Å². The molecule has 0 saturated carbocycles. The normalized spacial score (nSPS) is 9.75. The number of alkyl halides is 1. The van der Waals surface area contributed by atoms with Crippen molar-refractivity contribution in [3.05, 3.63) is 63.6 Å². The van der Waals surface area contributed by atoms with Gasteiger partial charge >= 0.3 is 0 Å². The van der Waals surface area contributed by atoms with Crippen LogP contribution in [-0.4, -0.2) is 5.88 Å². The molecular weight excluding hydrogens is 315 g/mol. The van der Waals surface area contributed by atoms with Crippen LogP contribution in [0, 0.1) is 11.8 Å². The van der Waals surface area contributed by atoms with Crippen LogP contribution in [0.4, 0.5) is 0 Å². The Labute approximate surface area is 133 Å². The Morgan fingerprint density at radius 2 is 1.65 bits per heavy atom. The Morgan fingerprint density at radius 1 is 0.950 bits per heavy atom.